The minimum Gasteiger partial charge on any atom is -0.493 e. The lowest BCUT2D eigenvalue weighted by Gasteiger charge is -2.20. The van der Waals surface area contributed by atoms with Gasteiger partial charge in [0.25, 0.3) is 0 Å². The predicted octanol–water partition coefficient (Wildman–Crippen LogP) is 2.38. The summed E-state index contributed by atoms with van der Waals surface area (Å²) in [6, 6.07) is 5.05. The van der Waals surface area contributed by atoms with Crippen LogP contribution >= 0.6 is 0 Å². The third kappa shape index (κ3) is 3.80. The number of aliphatic hydroxyl groups is 1. The first-order valence-electron chi connectivity index (χ1n) is 8.59. The highest BCUT2D eigenvalue weighted by molar-refractivity contribution is 5.46. The first kappa shape index (κ1) is 15.8. The van der Waals surface area contributed by atoms with E-state index in [9.17, 15) is 0 Å². The number of nitrogens with one attached hydrogen (secondary N) is 1. The van der Waals surface area contributed by atoms with Gasteiger partial charge in [-0.3, -0.25) is 0 Å². The Morgan fingerprint density at radius 1 is 1.18 bits per heavy atom. The van der Waals surface area contributed by atoms with E-state index >= 15 is 0 Å². The molecule has 0 radical (unpaired) electrons. The number of fused-ring (bicyclic) bond motifs is 2. The maximum absolute atomic E-state index is 8.69. The van der Waals surface area contributed by atoms with Crippen LogP contribution in [0.4, 0.5) is 0 Å². The Balaban J connectivity index is 1.60. The second-order valence-corrected chi connectivity index (χ2v) is 6.20. The zero-order chi connectivity index (χ0) is 15.2. The van der Waals surface area contributed by atoms with E-state index in [2.05, 4.69) is 17.4 Å². The molecule has 0 bridgehead atoms. The molecule has 0 fully saturated rings. The summed E-state index contributed by atoms with van der Waals surface area (Å²) in [6.45, 7) is 3.00. The topological polar surface area (TPSA) is 50.7 Å². The molecule has 1 aliphatic carbocycles. The van der Waals surface area contributed by atoms with Crippen LogP contribution in [0.15, 0.2) is 12.1 Å². The van der Waals surface area contributed by atoms with Crippen LogP contribution in [0.25, 0.3) is 0 Å². The molecule has 122 valence electrons. The van der Waals surface area contributed by atoms with Crippen molar-refractivity contribution in [2.75, 3.05) is 33.0 Å². The Labute approximate surface area is 132 Å². The van der Waals surface area contributed by atoms with Crippen molar-refractivity contribution in [2.45, 2.75) is 44.6 Å². The first-order chi connectivity index (χ1) is 10.9. The van der Waals surface area contributed by atoms with Crippen molar-refractivity contribution in [1.82, 2.24) is 5.32 Å². The Kier molecular flexibility index (Phi) is 5.70. The van der Waals surface area contributed by atoms with Crippen molar-refractivity contribution in [3.05, 3.63) is 28.8 Å². The van der Waals surface area contributed by atoms with Crippen LogP contribution < -0.4 is 10.1 Å². The van der Waals surface area contributed by atoms with Crippen LogP contribution in [0.2, 0.25) is 0 Å². The number of hydrogen-bond acceptors (Lipinski definition) is 4. The molecule has 0 saturated heterocycles. The van der Waals surface area contributed by atoms with E-state index in [1.165, 1.54) is 36.0 Å². The molecule has 2 aliphatic rings. The van der Waals surface area contributed by atoms with Gasteiger partial charge in [0.2, 0.25) is 0 Å². The summed E-state index contributed by atoms with van der Waals surface area (Å²) >= 11 is 0. The fourth-order valence-electron chi connectivity index (χ4n) is 3.47. The molecular weight excluding hydrogens is 278 g/mol. The van der Waals surface area contributed by atoms with Crippen LogP contribution in [0.3, 0.4) is 0 Å². The van der Waals surface area contributed by atoms with Crippen LogP contribution in [-0.2, 0) is 17.6 Å². The summed E-state index contributed by atoms with van der Waals surface area (Å²) in [5, 5.41) is 12.4. The second kappa shape index (κ2) is 7.95. The van der Waals surface area contributed by atoms with Gasteiger partial charge in [0.1, 0.15) is 5.75 Å². The Bertz CT molecular complexity index is 489. The van der Waals surface area contributed by atoms with Crippen molar-refractivity contribution in [1.29, 1.82) is 0 Å². The number of hydrogen-bond donors (Lipinski definition) is 2. The molecule has 1 heterocycles. The fraction of sp³-hybridized carbons (Fsp3) is 0.667. The van der Waals surface area contributed by atoms with E-state index in [1.807, 2.05) is 0 Å². The van der Waals surface area contributed by atoms with E-state index in [0.717, 1.165) is 38.2 Å². The maximum atomic E-state index is 8.69. The average Bonchev–Trinajstić information content (AvgIpc) is 2.90. The molecule has 2 N–H and O–H groups in total. The largest absolute Gasteiger partial charge is 0.493 e. The SMILES string of the molecule is OCCOCCCNC1CCCOc2cc3c(cc21)CCC3. The number of ether oxygens (including phenoxy) is 2. The standard InChI is InChI=1S/C18H27NO3/c20-8-11-21-9-3-7-19-17-6-2-10-22-18-13-15-5-1-4-14(15)12-16(17)18/h12-13,17,19-20H,1-11H2. The highest BCUT2D eigenvalue weighted by atomic mass is 16.5. The third-order valence-electron chi connectivity index (χ3n) is 4.59. The van der Waals surface area contributed by atoms with Gasteiger partial charge < -0.3 is 19.9 Å². The quantitative estimate of drug-likeness (QED) is 0.760. The Hall–Kier alpha value is -1.10. The maximum Gasteiger partial charge on any atom is 0.124 e. The Morgan fingerprint density at radius 3 is 2.91 bits per heavy atom. The number of rotatable bonds is 7. The Morgan fingerprint density at radius 2 is 2.05 bits per heavy atom. The minimum atomic E-state index is 0.103. The lowest BCUT2D eigenvalue weighted by molar-refractivity contribution is 0.0903. The number of benzene rings is 1. The average molecular weight is 305 g/mol. The molecule has 1 aliphatic heterocycles. The van der Waals surface area contributed by atoms with Crippen LogP contribution in [0.1, 0.15) is 48.4 Å². The minimum absolute atomic E-state index is 0.103. The van der Waals surface area contributed by atoms with Gasteiger partial charge in [-0.05, 0) is 62.3 Å². The molecule has 4 nitrogen and oxygen atoms in total. The number of aryl methyl sites for hydroxylation is 2. The zero-order valence-corrected chi connectivity index (χ0v) is 13.3. The lowest BCUT2D eigenvalue weighted by Crippen LogP contribution is -2.23. The molecular formula is C18H27NO3. The normalized spacial score (nSPS) is 20.1. The third-order valence-corrected chi connectivity index (χ3v) is 4.59. The molecule has 1 aromatic rings. The summed E-state index contributed by atoms with van der Waals surface area (Å²) < 4.78 is 11.3. The fourth-order valence-corrected chi connectivity index (χ4v) is 3.47. The summed E-state index contributed by atoms with van der Waals surface area (Å²) in [6.07, 6.45) is 6.88. The molecule has 4 heteroatoms. The molecule has 0 amide bonds. The van der Waals surface area contributed by atoms with Gasteiger partial charge in [-0.15, -0.1) is 0 Å². The molecule has 0 saturated carbocycles. The molecule has 0 spiro atoms. The van der Waals surface area contributed by atoms with Crippen molar-refractivity contribution in [2.24, 2.45) is 0 Å². The van der Waals surface area contributed by atoms with Crippen LogP contribution in [0.5, 0.6) is 5.75 Å². The molecule has 0 aromatic heterocycles. The van der Waals surface area contributed by atoms with Crippen LogP contribution in [-0.4, -0.2) is 38.1 Å². The van der Waals surface area contributed by atoms with E-state index in [4.69, 9.17) is 14.6 Å². The van der Waals surface area contributed by atoms with E-state index < -0.39 is 0 Å². The van der Waals surface area contributed by atoms with Gasteiger partial charge in [-0.25, -0.2) is 0 Å². The number of aliphatic hydroxyl groups excluding tert-OH is 1. The van der Waals surface area contributed by atoms with Crippen LogP contribution in [0, 0.1) is 0 Å². The zero-order valence-electron chi connectivity index (χ0n) is 13.3. The first-order valence-corrected chi connectivity index (χ1v) is 8.59. The van der Waals surface area contributed by atoms with Gasteiger partial charge in [0.05, 0.1) is 19.8 Å². The highest BCUT2D eigenvalue weighted by Crippen LogP contribution is 2.36. The van der Waals surface area contributed by atoms with Gasteiger partial charge in [-0.1, -0.05) is 6.07 Å². The molecule has 3 rings (SSSR count). The van der Waals surface area contributed by atoms with Gasteiger partial charge in [0, 0.05) is 18.2 Å². The summed E-state index contributed by atoms with van der Waals surface area (Å²) in [5.41, 5.74) is 4.34. The van der Waals surface area contributed by atoms with E-state index in [1.54, 1.807) is 0 Å². The van der Waals surface area contributed by atoms with Crippen molar-refractivity contribution >= 4 is 0 Å². The van der Waals surface area contributed by atoms with Gasteiger partial charge >= 0.3 is 0 Å². The lowest BCUT2D eigenvalue weighted by atomic mass is 9.97. The monoisotopic (exact) mass is 305 g/mol. The molecule has 22 heavy (non-hydrogen) atoms. The summed E-state index contributed by atoms with van der Waals surface area (Å²) in [4.78, 5) is 0. The highest BCUT2D eigenvalue weighted by Gasteiger charge is 2.23. The second-order valence-electron chi connectivity index (χ2n) is 6.20. The van der Waals surface area contributed by atoms with E-state index in [0.29, 0.717) is 19.3 Å². The smallest absolute Gasteiger partial charge is 0.124 e. The summed E-state index contributed by atoms with van der Waals surface area (Å²) in [7, 11) is 0. The van der Waals surface area contributed by atoms with Crippen molar-refractivity contribution < 1.29 is 14.6 Å². The van der Waals surface area contributed by atoms with E-state index in [-0.39, 0.29) is 6.61 Å². The molecule has 1 unspecified atom stereocenters. The molecule has 1 aromatic carbocycles. The van der Waals surface area contributed by atoms with Gasteiger partial charge in [-0.2, -0.15) is 0 Å². The molecule has 1 atom stereocenters. The predicted molar refractivity (Wildman–Crippen MR) is 86.5 cm³/mol. The van der Waals surface area contributed by atoms with Gasteiger partial charge in [0.15, 0.2) is 0 Å². The van der Waals surface area contributed by atoms with Crippen molar-refractivity contribution in [3.8, 4) is 5.75 Å². The van der Waals surface area contributed by atoms with Crippen molar-refractivity contribution in [3.63, 3.8) is 0 Å². The summed E-state index contributed by atoms with van der Waals surface area (Å²) in [5.74, 6) is 1.09.